The van der Waals surface area contributed by atoms with Crippen molar-refractivity contribution in [2.24, 2.45) is 0 Å². The van der Waals surface area contributed by atoms with Crippen LogP contribution >= 0.6 is 11.6 Å². The molecule has 0 saturated carbocycles. The van der Waals surface area contributed by atoms with Crippen LogP contribution in [0.15, 0.2) is 16.5 Å². The number of ketones is 1. The number of Topliss-reactive ketones (excluding diaryl/α,β-unsaturated/α-hetero) is 1. The van der Waals surface area contributed by atoms with Crippen LogP contribution in [0.2, 0.25) is 5.02 Å². The zero-order valence-electron chi connectivity index (χ0n) is 8.85. The second-order valence-electron chi connectivity index (χ2n) is 3.67. The van der Waals surface area contributed by atoms with Gasteiger partial charge in [0.15, 0.2) is 5.78 Å². The Morgan fingerprint density at radius 2 is 2.00 bits per heavy atom. The fraction of sp³-hybridized carbons (Fsp3) is 0.250. The van der Waals surface area contributed by atoms with Gasteiger partial charge in [-0.25, -0.2) is 0 Å². The number of halogens is 1. The average Bonchev–Trinajstić information content (AvgIpc) is 2.43. The molecule has 2 rings (SSSR count). The average molecular weight is 223 g/mol. The van der Waals surface area contributed by atoms with Gasteiger partial charge in [-0.05, 0) is 38.5 Å². The molecule has 1 aromatic heterocycles. The Morgan fingerprint density at radius 3 is 2.60 bits per heavy atom. The SMILES string of the molecule is CC(=O)c1cc2oc(C)c(C)c2cc1Cl. The highest BCUT2D eigenvalue weighted by atomic mass is 35.5. The summed E-state index contributed by atoms with van der Waals surface area (Å²) in [6.07, 6.45) is 0. The molecule has 0 aliphatic carbocycles. The van der Waals surface area contributed by atoms with Crippen LogP contribution in [0.5, 0.6) is 0 Å². The van der Waals surface area contributed by atoms with E-state index in [4.69, 9.17) is 16.0 Å². The van der Waals surface area contributed by atoms with Crippen molar-refractivity contribution in [1.29, 1.82) is 0 Å². The van der Waals surface area contributed by atoms with Crippen molar-refractivity contribution in [3.05, 3.63) is 34.0 Å². The Labute approximate surface area is 92.8 Å². The highest BCUT2D eigenvalue weighted by molar-refractivity contribution is 6.34. The van der Waals surface area contributed by atoms with E-state index in [-0.39, 0.29) is 5.78 Å². The van der Waals surface area contributed by atoms with Crippen molar-refractivity contribution >= 4 is 28.4 Å². The number of fused-ring (bicyclic) bond motifs is 1. The Balaban J connectivity index is 2.82. The standard InChI is InChI=1S/C12H11ClO2/c1-6-8(3)15-12-5-10(7(2)14)11(13)4-9(6)12/h4-5H,1-3H3. The lowest BCUT2D eigenvalue weighted by Gasteiger charge is -1.99. The quantitative estimate of drug-likeness (QED) is 0.685. The van der Waals surface area contributed by atoms with Crippen LogP contribution in [-0.4, -0.2) is 5.78 Å². The van der Waals surface area contributed by atoms with Gasteiger partial charge in [-0.2, -0.15) is 0 Å². The number of rotatable bonds is 1. The van der Waals surface area contributed by atoms with Gasteiger partial charge in [0.25, 0.3) is 0 Å². The molecule has 3 heteroatoms. The summed E-state index contributed by atoms with van der Waals surface area (Å²) in [5.41, 5.74) is 2.31. The molecule has 0 atom stereocenters. The number of aryl methyl sites for hydroxylation is 2. The van der Waals surface area contributed by atoms with E-state index in [1.165, 1.54) is 6.92 Å². The smallest absolute Gasteiger partial charge is 0.161 e. The van der Waals surface area contributed by atoms with Crippen molar-refractivity contribution in [3.8, 4) is 0 Å². The summed E-state index contributed by atoms with van der Waals surface area (Å²) in [5.74, 6) is 0.815. The molecule has 1 heterocycles. The minimum absolute atomic E-state index is 0.0476. The lowest BCUT2D eigenvalue weighted by atomic mass is 10.1. The molecule has 0 aliphatic rings. The molecule has 0 N–H and O–H groups in total. The van der Waals surface area contributed by atoms with Gasteiger partial charge in [0.2, 0.25) is 0 Å². The predicted octanol–water partition coefficient (Wildman–Crippen LogP) is 3.91. The van der Waals surface area contributed by atoms with Crippen LogP contribution < -0.4 is 0 Å². The third-order valence-electron chi connectivity index (χ3n) is 2.64. The zero-order valence-corrected chi connectivity index (χ0v) is 9.61. The van der Waals surface area contributed by atoms with E-state index in [1.807, 2.05) is 13.8 Å². The first-order valence-corrected chi connectivity index (χ1v) is 5.08. The van der Waals surface area contributed by atoms with Crippen molar-refractivity contribution < 1.29 is 9.21 Å². The van der Waals surface area contributed by atoms with E-state index in [9.17, 15) is 4.79 Å². The molecule has 2 nitrogen and oxygen atoms in total. The Kier molecular flexibility index (Phi) is 2.31. The minimum atomic E-state index is -0.0476. The Morgan fingerprint density at radius 1 is 1.33 bits per heavy atom. The number of furan rings is 1. The van der Waals surface area contributed by atoms with Gasteiger partial charge in [-0.1, -0.05) is 11.6 Å². The molecule has 0 spiro atoms. The molecule has 0 radical (unpaired) electrons. The van der Waals surface area contributed by atoms with Crippen LogP contribution in [-0.2, 0) is 0 Å². The maximum absolute atomic E-state index is 11.3. The van der Waals surface area contributed by atoms with Crippen molar-refractivity contribution in [3.63, 3.8) is 0 Å². The summed E-state index contributed by atoms with van der Waals surface area (Å²) in [6, 6.07) is 3.50. The molecule has 0 fully saturated rings. The minimum Gasteiger partial charge on any atom is -0.461 e. The largest absolute Gasteiger partial charge is 0.461 e. The Bertz CT molecular complexity index is 552. The summed E-state index contributed by atoms with van der Waals surface area (Å²) >= 11 is 6.02. The first kappa shape index (κ1) is 10.2. The van der Waals surface area contributed by atoms with Gasteiger partial charge >= 0.3 is 0 Å². The van der Waals surface area contributed by atoms with E-state index in [2.05, 4.69) is 0 Å². The molecule has 0 bridgehead atoms. The molecule has 15 heavy (non-hydrogen) atoms. The predicted molar refractivity (Wildman–Crippen MR) is 60.7 cm³/mol. The Hall–Kier alpha value is -1.28. The highest BCUT2D eigenvalue weighted by Crippen LogP contribution is 2.30. The fourth-order valence-corrected chi connectivity index (χ4v) is 1.93. The third-order valence-corrected chi connectivity index (χ3v) is 2.96. The maximum Gasteiger partial charge on any atom is 0.161 e. The molecule has 0 amide bonds. The maximum atomic E-state index is 11.3. The van der Waals surface area contributed by atoms with Crippen LogP contribution in [0.4, 0.5) is 0 Å². The molecule has 78 valence electrons. The summed E-state index contributed by atoms with van der Waals surface area (Å²) in [4.78, 5) is 11.3. The number of carbonyl (C=O) groups is 1. The lowest BCUT2D eigenvalue weighted by molar-refractivity contribution is 0.101. The summed E-state index contributed by atoms with van der Waals surface area (Å²) in [7, 11) is 0. The van der Waals surface area contributed by atoms with E-state index in [0.717, 1.165) is 22.3 Å². The van der Waals surface area contributed by atoms with Crippen molar-refractivity contribution in [2.45, 2.75) is 20.8 Å². The highest BCUT2D eigenvalue weighted by Gasteiger charge is 2.12. The second-order valence-corrected chi connectivity index (χ2v) is 4.07. The topological polar surface area (TPSA) is 30.2 Å². The van der Waals surface area contributed by atoms with Crippen LogP contribution in [0.25, 0.3) is 11.0 Å². The van der Waals surface area contributed by atoms with E-state index >= 15 is 0 Å². The normalized spacial score (nSPS) is 10.9. The van der Waals surface area contributed by atoms with Gasteiger partial charge < -0.3 is 4.42 Å². The van der Waals surface area contributed by atoms with Crippen LogP contribution in [0.1, 0.15) is 28.6 Å². The molecule has 1 aromatic carbocycles. The summed E-state index contributed by atoms with van der Waals surface area (Å²) in [6.45, 7) is 5.37. The number of carbonyl (C=O) groups excluding carboxylic acids is 1. The van der Waals surface area contributed by atoms with Crippen LogP contribution in [0.3, 0.4) is 0 Å². The summed E-state index contributed by atoms with van der Waals surface area (Å²) < 4.78 is 5.53. The summed E-state index contributed by atoms with van der Waals surface area (Å²) in [5, 5.41) is 1.46. The monoisotopic (exact) mass is 222 g/mol. The van der Waals surface area contributed by atoms with Gasteiger partial charge in [-0.15, -0.1) is 0 Å². The molecule has 2 aromatic rings. The van der Waals surface area contributed by atoms with Gasteiger partial charge in [0.1, 0.15) is 11.3 Å². The van der Waals surface area contributed by atoms with Crippen molar-refractivity contribution in [2.75, 3.05) is 0 Å². The zero-order chi connectivity index (χ0) is 11.2. The van der Waals surface area contributed by atoms with Crippen molar-refractivity contribution in [1.82, 2.24) is 0 Å². The first-order chi connectivity index (χ1) is 7.00. The fourth-order valence-electron chi connectivity index (χ4n) is 1.63. The van der Waals surface area contributed by atoms with Gasteiger partial charge in [-0.3, -0.25) is 4.79 Å². The molecular weight excluding hydrogens is 212 g/mol. The van der Waals surface area contributed by atoms with E-state index in [1.54, 1.807) is 12.1 Å². The molecular formula is C12H11ClO2. The molecule has 0 unspecified atom stereocenters. The number of hydrogen-bond donors (Lipinski definition) is 0. The third kappa shape index (κ3) is 1.55. The van der Waals surface area contributed by atoms with Gasteiger partial charge in [0.05, 0.1) is 5.02 Å². The molecule has 0 saturated heterocycles. The van der Waals surface area contributed by atoms with Crippen LogP contribution in [0, 0.1) is 13.8 Å². The number of benzene rings is 1. The number of hydrogen-bond acceptors (Lipinski definition) is 2. The second kappa shape index (κ2) is 3.38. The lowest BCUT2D eigenvalue weighted by Crippen LogP contribution is -1.92. The molecule has 0 aliphatic heterocycles. The first-order valence-electron chi connectivity index (χ1n) is 4.71. The van der Waals surface area contributed by atoms with E-state index in [0.29, 0.717) is 10.6 Å². The van der Waals surface area contributed by atoms with Gasteiger partial charge in [0, 0.05) is 10.9 Å². The van der Waals surface area contributed by atoms with E-state index < -0.39 is 0 Å².